The molecule has 0 saturated carbocycles. The molecule has 0 spiro atoms. The van der Waals surface area contributed by atoms with E-state index in [1.54, 1.807) is 0 Å². The highest BCUT2D eigenvalue weighted by Crippen LogP contribution is 2.18. The van der Waals surface area contributed by atoms with E-state index in [1.807, 2.05) is 12.3 Å². The Morgan fingerprint density at radius 2 is 1.95 bits per heavy atom. The first-order valence-corrected chi connectivity index (χ1v) is 7.02. The molecule has 0 aliphatic heterocycles. The molecule has 19 heavy (non-hydrogen) atoms. The van der Waals surface area contributed by atoms with E-state index in [4.69, 9.17) is 0 Å². The van der Waals surface area contributed by atoms with Gasteiger partial charge in [0.2, 0.25) is 0 Å². The summed E-state index contributed by atoms with van der Waals surface area (Å²) in [6.07, 6.45) is 3.95. The molecule has 1 aromatic heterocycles. The van der Waals surface area contributed by atoms with Gasteiger partial charge in [0, 0.05) is 30.5 Å². The number of hydrogen-bond donors (Lipinski definition) is 1. The minimum Gasteiger partial charge on any atom is -0.329 e. The number of likely N-dealkylation sites (N-methyl/N-ethyl adjacent to an activating group) is 1. The van der Waals surface area contributed by atoms with Gasteiger partial charge in [0.15, 0.2) is 0 Å². The van der Waals surface area contributed by atoms with Crippen molar-refractivity contribution >= 4 is 0 Å². The van der Waals surface area contributed by atoms with E-state index in [2.05, 4.69) is 66.1 Å². The van der Waals surface area contributed by atoms with Crippen LogP contribution in [0.15, 0.2) is 42.7 Å². The number of nitrogens with one attached hydrogen (secondary N) is 1. The lowest BCUT2D eigenvalue weighted by atomic mass is 10.0. The molecule has 102 valence electrons. The number of benzene rings is 1. The first kappa shape index (κ1) is 13.8. The topological polar surface area (TPSA) is 29.9 Å². The second-order valence-electron chi connectivity index (χ2n) is 5.18. The van der Waals surface area contributed by atoms with E-state index in [1.165, 1.54) is 5.56 Å². The van der Waals surface area contributed by atoms with Gasteiger partial charge in [-0.05, 0) is 12.5 Å². The molecule has 0 radical (unpaired) electrons. The molecule has 1 heterocycles. The van der Waals surface area contributed by atoms with Gasteiger partial charge in [-0.3, -0.25) is 0 Å². The molecule has 1 atom stereocenters. The Bertz CT molecular complexity index is 488. The zero-order valence-electron chi connectivity index (χ0n) is 12.0. The van der Waals surface area contributed by atoms with Gasteiger partial charge >= 0.3 is 0 Å². The maximum absolute atomic E-state index is 4.49. The van der Waals surface area contributed by atoms with Crippen LogP contribution in [-0.2, 0) is 6.54 Å². The zero-order valence-corrected chi connectivity index (χ0v) is 12.0. The standard InChI is InChI=1S/C16H23N3/c1-4-17-15(13(2)3)12-19-11-10-18-16(19)14-8-6-5-7-9-14/h5-11,13,15,17H,4,12H2,1-3H3. The van der Waals surface area contributed by atoms with Crippen LogP contribution < -0.4 is 5.32 Å². The largest absolute Gasteiger partial charge is 0.329 e. The van der Waals surface area contributed by atoms with Crippen molar-refractivity contribution in [2.45, 2.75) is 33.4 Å². The molecule has 0 saturated heterocycles. The minimum atomic E-state index is 0.474. The predicted molar refractivity (Wildman–Crippen MR) is 80.0 cm³/mol. The summed E-state index contributed by atoms with van der Waals surface area (Å²) in [5.74, 6) is 1.65. The molecule has 0 aliphatic rings. The van der Waals surface area contributed by atoms with Gasteiger partial charge < -0.3 is 9.88 Å². The van der Waals surface area contributed by atoms with Crippen molar-refractivity contribution in [3.63, 3.8) is 0 Å². The van der Waals surface area contributed by atoms with Crippen molar-refractivity contribution in [3.05, 3.63) is 42.7 Å². The highest BCUT2D eigenvalue weighted by molar-refractivity contribution is 5.55. The van der Waals surface area contributed by atoms with Crippen LogP contribution in [0.1, 0.15) is 20.8 Å². The summed E-state index contributed by atoms with van der Waals surface area (Å²) in [6, 6.07) is 10.8. The lowest BCUT2D eigenvalue weighted by molar-refractivity contribution is 0.363. The molecule has 0 bridgehead atoms. The number of imidazole rings is 1. The summed E-state index contributed by atoms with van der Waals surface area (Å²) in [7, 11) is 0. The summed E-state index contributed by atoms with van der Waals surface area (Å²) in [5, 5.41) is 3.55. The quantitative estimate of drug-likeness (QED) is 0.861. The highest BCUT2D eigenvalue weighted by atomic mass is 15.1. The fourth-order valence-corrected chi connectivity index (χ4v) is 2.29. The van der Waals surface area contributed by atoms with Gasteiger partial charge in [-0.1, -0.05) is 51.1 Å². The molecule has 1 N–H and O–H groups in total. The van der Waals surface area contributed by atoms with E-state index < -0.39 is 0 Å². The monoisotopic (exact) mass is 257 g/mol. The second kappa shape index (κ2) is 6.53. The van der Waals surface area contributed by atoms with Crippen LogP contribution >= 0.6 is 0 Å². The first-order valence-electron chi connectivity index (χ1n) is 7.02. The fraction of sp³-hybridized carbons (Fsp3) is 0.438. The van der Waals surface area contributed by atoms with Crippen molar-refractivity contribution in [2.24, 2.45) is 5.92 Å². The van der Waals surface area contributed by atoms with Gasteiger partial charge in [-0.25, -0.2) is 4.98 Å². The van der Waals surface area contributed by atoms with E-state index in [0.717, 1.165) is 18.9 Å². The lowest BCUT2D eigenvalue weighted by Gasteiger charge is -2.23. The zero-order chi connectivity index (χ0) is 13.7. The molecular formula is C16H23N3. The van der Waals surface area contributed by atoms with Gasteiger partial charge in [0.25, 0.3) is 0 Å². The molecule has 2 rings (SSSR count). The average molecular weight is 257 g/mol. The number of rotatable bonds is 6. The molecule has 3 nitrogen and oxygen atoms in total. The van der Waals surface area contributed by atoms with Gasteiger partial charge in [-0.15, -0.1) is 0 Å². The molecule has 3 heteroatoms. The molecule has 2 aromatic rings. The van der Waals surface area contributed by atoms with Crippen LogP contribution in [0.5, 0.6) is 0 Å². The molecule has 1 aromatic carbocycles. The third kappa shape index (κ3) is 3.44. The van der Waals surface area contributed by atoms with E-state index in [-0.39, 0.29) is 0 Å². The smallest absolute Gasteiger partial charge is 0.139 e. The third-order valence-electron chi connectivity index (χ3n) is 3.41. The van der Waals surface area contributed by atoms with Crippen LogP contribution in [0.4, 0.5) is 0 Å². The van der Waals surface area contributed by atoms with E-state index >= 15 is 0 Å². The summed E-state index contributed by atoms with van der Waals surface area (Å²) in [4.78, 5) is 4.49. The van der Waals surface area contributed by atoms with Crippen LogP contribution in [-0.4, -0.2) is 22.1 Å². The molecular weight excluding hydrogens is 234 g/mol. The summed E-state index contributed by atoms with van der Waals surface area (Å²) in [5.41, 5.74) is 1.17. The number of aromatic nitrogens is 2. The number of hydrogen-bond acceptors (Lipinski definition) is 2. The summed E-state index contributed by atoms with van der Waals surface area (Å²) < 4.78 is 2.24. The van der Waals surface area contributed by atoms with Crippen LogP contribution in [0.2, 0.25) is 0 Å². The minimum absolute atomic E-state index is 0.474. The van der Waals surface area contributed by atoms with Crippen molar-refractivity contribution in [2.75, 3.05) is 6.54 Å². The molecule has 1 unspecified atom stereocenters. The molecule has 0 aliphatic carbocycles. The average Bonchev–Trinajstić information content (AvgIpc) is 2.87. The Balaban J connectivity index is 2.20. The molecule has 0 fully saturated rings. The Morgan fingerprint density at radius 1 is 1.21 bits per heavy atom. The van der Waals surface area contributed by atoms with Gasteiger partial charge in [0.05, 0.1) is 0 Å². The summed E-state index contributed by atoms with van der Waals surface area (Å²) in [6.45, 7) is 8.62. The van der Waals surface area contributed by atoms with Crippen LogP contribution in [0.3, 0.4) is 0 Å². The van der Waals surface area contributed by atoms with Crippen molar-refractivity contribution in [1.82, 2.24) is 14.9 Å². The molecule has 0 amide bonds. The van der Waals surface area contributed by atoms with Crippen molar-refractivity contribution in [3.8, 4) is 11.4 Å². The van der Waals surface area contributed by atoms with Crippen molar-refractivity contribution < 1.29 is 0 Å². The Hall–Kier alpha value is -1.61. The van der Waals surface area contributed by atoms with Crippen molar-refractivity contribution in [1.29, 1.82) is 0 Å². The van der Waals surface area contributed by atoms with E-state index in [9.17, 15) is 0 Å². The first-order chi connectivity index (χ1) is 9.22. The number of nitrogens with zero attached hydrogens (tertiary/aromatic N) is 2. The summed E-state index contributed by atoms with van der Waals surface area (Å²) >= 11 is 0. The highest BCUT2D eigenvalue weighted by Gasteiger charge is 2.14. The normalized spacial score (nSPS) is 12.8. The van der Waals surface area contributed by atoms with Gasteiger partial charge in [0.1, 0.15) is 5.82 Å². The fourth-order valence-electron chi connectivity index (χ4n) is 2.29. The Kier molecular flexibility index (Phi) is 4.74. The predicted octanol–water partition coefficient (Wildman–Crippen LogP) is 3.18. The maximum Gasteiger partial charge on any atom is 0.139 e. The SMILES string of the molecule is CCNC(Cn1ccnc1-c1ccccc1)C(C)C. The second-order valence-corrected chi connectivity index (χ2v) is 5.18. The Morgan fingerprint density at radius 3 is 2.58 bits per heavy atom. The lowest BCUT2D eigenvalue weighted by Crippen LogP contribution is -2.37. The third-order valence-corrected chi connectivity index (χ3v) is 3.41. The van der Waals surface area contributed by atoms with E-state index in [0.29, 0.717) is 12.0 Å². The maximum atomic E-state index is 4.49. The van der Waals surface area contributed by atoms with Crippen LogP contribution in [0.25, 0.3) is 11.4 Å². The van der Waals surface area contributed by atoms with Crippen LogP contribution in [0, 0.1) is 5.92 Å². The van der Waals surface area contributed by atoms with Gasteiger partial charge in [-0.2, -0.15) is 0 Å². The Labute approximate surface area is 115 Å².